The Morgan fingerprint density at radius 2 is 1.65 bits per heavy atom. The lowest BCUT2D eigenvalue weighted by molar-refractivity contribution is -0.141. The Bertz CT molecular complexity index is 1150. The van der Waals surface area contributed by atoms with Crippen LogP contribution in [0.5, 0.6) is 5.75 Å². The summed E-state index contributed by atoms with van der Waals surface area (Å²) in [5, 5.41) is 0. The van der Waals surface area contributed by atoms with Gasteiger partial charge < -0.3 is 25.7 Å². The van der Waals surface area contributed by atoms with Crippen molar-refractivity contribution in [3.8, 4) is 5.75 Å². The zero-order chi connectivity index (χ0) is 30.9. The summed E-state index contributed by atoms with van der Waals surface area (Å²) in [6.07, 6.45) is 17.4. The number of nitrogens with two attached hydrogens (primary N) is 2. The second-order valence-electron chi connectivity index (χ2n) is 11.6. The van der Waals surface area contributed by atoms with E-state index in [0.29, 0.717) is 17.1 Å². The molecule has 1 atom stereocenters. The van der Waals surface area contributed by atoms with E-state index in [9.17, 15) is 9.59 Å². The first kappa shape index (κ1) is 33.9. The lowest BCUT2D eigenvalue weighted by atomic mass is 9.87. The van der Waals surface area contributed by atoms with E-state index in [1.807, 2.05) is 30.3 Å². The average molecular weight is 591 g/mol. The summed E-state index contributed by atoms with van der Waals surface area (Å²) in [5.74, 6) is -0.177. The Balaban J connectivity index is 1.38. The van der Waals surface area contributed by atoms with Gasteiger partial charge in [-0.3, -0.25) is 4.79 Å². The second kappa shape index (κ2) is 18.9. The van der Waals surface area contributed by atoms with Crippen molar-refractivity contribution in [2.45, 2.75) is 96.0 Å². The van der Waals surface area contributed by atoms with Gasteiger partial charge in [0.25, 0.3) is 0 Å². The summed E-state index contributed by atoms with van der Waals surface area (Å²) >= 11 is 0. The molecule has 0 amide bonds. The Labute approximate surface area is 257 Å². The molecule has 0 saturated heterocycles. The predicted molar refractivity (Wildman–Crippen MR) is 175 cm³/mol. The van der Waals surface area contributed by atoms with Gasteiger partial charge in [0, 0.05) is 30.0 Å². The van der Waals surface area contributed by atoms with Crippen LogP contribution in [0.4, 0.5) is 11.4 Å². The van der Waals surface area contributed by atoms with Gasteiger partial charge in [-0.25, -0.2) is 4.79 Å². The van der Waals surface area contributed by atoms with Crippen molar-refractivity contribution in [3.05, 3.63) is 72.3 Å². The number of nitrogen functional groups attached to an aromatic ring is 2. The van der Waals surface area contributed by atoms with Crippen molar-refractivity contribution in [2.24, 2.45) is 5.92 Å². The molecule has 234 valence electrons. The summed E-state index contributed by atoms with van der Waals surface area (Å²) in [6, 6.07) is 12.6. The number of esters is 2. The van der Waals surface area contributed by atoms with E-state index in [4.69, 9.17) is 25.7 Å². The lowest BCUT2D eigenvalue weighted by Gasteiger charge is -2.27. The Hall–Kier alpha value is -3.58. The van der Waals surface area contributed by atoms with Gasteiger partial charge in [-0.1, -0.05) is 50.8 Å². The van der Waals surface area contributed by atoms with Crippen LogP contribution < -0.4 is 16.2 Å². The maximum absolute atomic E-state index is 12.7. The standard InChI is InChI=1S/C36H50N2O5/c1-3-5-7-8-9-10-22-41-33-19-15-28(16-20-33)36(40)43-34-17-12-27(13-18-34)14-21-35(39)42-26-29(11-6-4-2)30-23-31(37)25-32(38)24-30/h3,12-14,17-18,21,23-25,28-29,33H,1,4-11,15-16,19-20,22,26,37-38H2,2H3. The maximum atomic E-state index is 12.7. The minimum Gasteiger partial charge on any atom is -0.462 e. The fourth-order valence-electron chi connectivity index (χ4n) is 5.44. The molecule has 0 radical (unpaired) electrons. The number of allylic oxidation sites excluding steroid dienone is 1. The molecule has 0 bridgehead atoms. The zero-order valence-corrected chi connectivity index (χ0v) is 25.8. The van der Waals surface area contributed by atoms with Crippen LogP contribution >= 0.6 is 0 Å². The van der Waals surface area contributed by atoms with E-state index in [1.54, 1.807) is 24.3 Å². The summed E-state index contributed by atoms with van der Waals surface area (Å²) in [5.41, 5.74) is 14.9. The van der Waals surface area contributed by atoms with E-state index in [1.165, 1.54) is 25.3 Å². The molecule has 7 heteroatoms. The molecule has 0 aromatic heterocycles. The molecule has 0 spiro atoms. The minimum atomic E-state index is -0.419. The third-order valence-electron chi connectivity index (χ3n) is 7.98. The van der Waals surface area contributed by atoms with Gasteiger partial charge in [-0.05, 0) is 98.9 Å². The number of unbranched alkanes of at least 4 members (excludes halogenated alkanes) is 5. The Kier molecular flexibility index (Phi) is 14.9. The molecule has 1 aliphatic carbocycles. The molecular formula is C36H50N2O5. The Morgan fingerprint density at radius 3 is 2.33 bits per heavy atom. The number of carbonyl (C=O) groups is 2. The van der Waals surface area contributed by atoms with Crippen LogP contribution in [0.15, 0.2) is 61.2 Å². The molecule has 3 rings (SSSR count). The normalized spacial score (nSPS) is 17.4. The van der Waals surface area contributed by atoms with Gasteiger partial charge >= 0.3 is 11.9 Å². The number of hydrogen-bond donors (Lipinski definition) is 2. The van der Waals surface area contributed by atoms with Crippen molar-refractivity contribution in [3.63, 3.8) is 0 Å². The molecule has 1 saturated carbocycles. The fourth-order valence-corrected chi connectivity index (χ4v) is 5.44. The first-order valence-corrected chi connectivity index (χ1v) is 15.9. The molecule has 2 aromatic rings. The molecular weight excluding hydrogens is 540 g/mol. The lowest BCUT2D eigenvalue weighted by Crippen LogP contribution is -2.29. The number of hydrogen-bond acceptors (Lipinski definition) is 7. The summed E-state index contributed by atoms with van der Waals surface area (Å²) < 4.78 is 17.3. The molecule has 2 aromatic carbocycles. The van der Waals surface area contributed by atoms with E-state index in [0.717, 1.165) is 75.5 Å². The van der Waals surface area contributed by atoms with Gasteiger partial charge in [-0.2, -0.15) is 0 Å². The maximum Gasteiger partial charge on any atom is 0.330 e. The highest BCUT2D eigenvalue weighted by atomic mass is 16.5. The second-order valence-corrected chi connectivity index (χ2v) is 11.6. The first-order chi connectivity index (χ1) is 20.9. The fraction of sp³-hybridized carbons (Fsp3) is 0.500. The molecule has 43 heavy (non-hydrogen) atoms. The van der Waals surface area contributed by atoms with E-state index < -0.39 is 5.97 Å². The monoisotopic (exact) mass is 590 g/mol. The third kappa shape index (κ3) is 12.7. The SMILES string of the molecule is C=CCCCCCCOC1CCC(C(=O)Oc2ccc(C=CC(=O)OCC(CCCC)c3cc(N)cc(N)c3)cc2)CC1. The average Bonchev–Trinajstić information content (AvgIpc) is 3.00. The van der Waals surface area contributed by atoms with Crippen molar-refractivity contribution in [2.75, 3.05) is 24.7 Å². The smallest absolute Gasteiger partial charge is 0.330 e. The van der Waals surface area contributed by atoms with E-state index in [2.05, 4.69) is 13.5 Å². The molecule has 1 fully saturated rings. The van der Waals surface area contributed by atoms with Gasteiger partial charge in [0.1, 0.15) is 5.75 Å². The topological polar surface area (TPSA) is 114 Å². The van der Waals surface area contributed by atoms with Crippen LogP contribution in [0.3, 0.4) is 0 Å². The van der Waals surface area contributed by atoms with Crippen LogP contribution in [0.25, 0.3) is 6.08 Å². The first-order valence-electron chi connectivity index (χ1n) is 15.9. The highest BCUT2D eigenvalue weighted by Crippen LogP contribution is 2.29. The number of benzene rings is 2. The van der Waals surface area contributed by atoms with E-state index >= 15 is 0 Å². The van der Waals surface area contributed by atoms with Gasteiger partial charge in [0.15, 0.2) is 0 Å². The van der Waals surface area contributed by atoms with Crippen LogP contribution in [0.2, 0.25) is 0 Å². The Morgan fingerprint density at radius 1 is 0.953 bits per heavy atom. The van der Waals surface area contributed by atoms with Crippen LogP contribution in [-0.2, 0) is 19.1 Å². The van der Waals surface area contributed by atoms with E-state index in [-0.39, 0.29) is 30.5 Å². The highest BCUT2D eigenvalue weighted by molar-refractivity contribution is 5.87. The van der Waals surface area contributed by atoms with Crippen LogP contribution in [0.1, 0.15) is 101 Å². The summed E-state index contributed by atoms with van der Waals surface area (Å²) in [6.45, 7) is 6.94. The number of rotatable bonds is 18. The number of ether oxygens (including phenoxy) is 3. The van der Waals surface area contributed by atoms with Crippen molar-refractivity contribution in [1.82, 2.24) is 0 Å². The summed E-state index contributed by atoms with van der Waals surface area (Å²) in [4.78, 5) is 25.2. The van der Waals surface area contributed by atoms with Crippen LogP contribution in [0, 0.1) is 5.92 Å². The highest BCUT2D eigenvalue weighted by Gasteiger charge is 2.28. The van der Waals surface area contributed by atoms with Crippen molar-refractivity contribution >= 4 is 29.4 Å². The molecule has 1 aliphatic rings. The molecule has 1 unspecified atom stereocenters. The van der Waals surface area contributed by atoms with Gasteiger partial charge in [-0.15, -0.1) is 6.58 Å². The van der Waals surface area contributed by atoms with Gasteiger partial charge in [0.2, 0.25) is 0 Å². The quantitative estimate of drug-likeness (QED) is 0.0451. The van der Waals surface area contributed by atoms with Crippen LogP contribution in [-0.4, -0.2) is 31.3 Å². The molecule has 0 aliphatic heterocycles. The minimum absolute atomic E-state index is 0.0297. The number of carbonyl (C=O) groups excluding carboxylic acids is 2. The number of anilines is 2. The molecule has 0 heterocycles. The van der Waals surface area contributed by atoms with Crippen molar-refractivity contribution < 1.29 is 23.8 Å². The summed E-state index contributed by atoms with van der Waals surface area (Å²) in [7, 11) is 0. The molecule has 7 nitrogen and oxygen atoms in total. The zero-order valence-electron chi connectivity index (χ0n) is 25.8. The predicted octanol–water partition coefficient (Wildman–Crippen LogP) is 8.00. The van der Waals surface area contributed by atoms with Gasteiger partial charge in [0.05, 0.1) is 18.6 Å². The third-order valence-corrected chi connectivity index (χ3v) is 7.98. The largest absolute Gasteiger partial charge is 0.462 e. The van der Waals surface area contributed by atoms with Crippen molar-refractivity contribution in [1.29, 1.82) is 0 Å². The molecule has 4 N–H and O–H groups in total.